The molecule has 0 atom stereocenters. The SMILES string of the molecule is Fc1ccc(NCCc2cccnc2)c(I)c1. The van der Waals surface area contributed by atoms with Crippen LogP contribution < -0.4 is 5.32 Å². The molecule has 0 amide bonds. The summed E-state index contributed by atoms with van der Waals surface area (Å²) in [5.41, 5.74) is 2.16. The largest absolute Gasteiger partial charge is 0.384 e. The summed E-state index contributed by atoms with van der Waals surface area (Å²) < 4.78 is 13.8. The molecule has 1 aromatic carbocycles. The first kappa shape index (κ1) is 12.3. The Hall–Kier alpha value is -1.17. The highest BCUT2D eigenvalue weighted by Crippen LogP contribution is 2.18. The Labute approximate surface area is 113 Å². The molecule has 0 bridgehead atoms. The Morgan fingerprint density at radius 3 is 2.88 bits per heavy atom. The van der Waals surface area contributed by atoms with Gasteiger partial charge in [-0.15, -0.1) is 0 Å². The van der Waals surface area contributed by atoms with Crippen LogP contribution in [-0.2, 0) is 6.42 Å². The number of aromatic nitrogens is 1. The number of nitrogens with zero attached hydrogens (tertiary/aromatic N) is 1. The first-order chi connectivity index (χ1) is 8.25. The molecule has 0 aliphatic rings. The van der Waals surface area contributed by atoms with E-state index in [1.165, 1.54) is 17.7 Å². The fourth-order valence-electron chi connectivity index (χ4n) is 1.52. The monoisotopic (exact) mass is 342 g/mol. The Kier molecular flexibility index (Phi) is 4.30. The van der Waals surface area contributed by atoms with Crippen LogP contribution in [0, 0.1) is 9.39 Å². The summed E-state index contributed by atoms with van der Waals surface area (Å²) in [7, 11) is 0. The summed E-state index contributed by atoms with van der Waals surface area (Å²) in [5.74, 6) is -0.202. The number of anilines is 1. The van der Waals surface area contributed by atoms with Crippen molar-refractivity contribution in [2.75, 3.05) is 11.9 Å². The van der Waals surface area contributed by atoms with Crippen LogP contribution in [0.3, 0.4) is 0 Å². The molecule has 0 fully saturated rings. The molecule has 88 valence electrons. The molecule has 4 heteroatoms. The van der Waals surface area contributed by atoms with E-state index >= 15 is 0 Å². The summed E-state index contributed by atoms with van der Waals surface area (Å²) >= 11 is 2.13. The number of hydrogen-bond acceptors (Lipinski definition) is 2. The van der Waals surface area contributed by atoms with E-state index in [2.05, 4.69) is 32.9 Å². The fourth-order valence-corrected chi connectivity index (χ4v) is 2.19. The summed E-state index contributed by atoms with van der Waals surface area (Å²) in [6.07, 6.45) is 4.53. The Bertz CT molecular complexity index is 488. The Morgan fingerprint density at radius 1 is 1.29 bits per heavy atom. The predicted molar refractivity (Wildman–Crippen MR) is 75.5 cm³/mol. The lowest BCUT2D eigenvalue weighted by molar-refractivity contribution is 0.627. The van der Waals surface area contributed by atoms with Crippen molar-refractivity contribution in [1.82, 2.24) is 4.98 Å². The number of nitrogens with one attached hydrogen (secondary N) is 1. The zero-order chi connectivity index (χ0) is 12.1. The standard InChI is InChI=1S/C13H12FIN2/c14-11-3-4-13(12(15)8-11)17-7-5-10-2-1-6-16-9-10/h1-4,6,8-9,17H,5,7H2. The van der Waals surface area contributed by atoms with Crippen molar-refractivity contribution >= 4 is 28.3 Å². The van der Waals surface area contributed by atoms with Crippen molar-refractivity contribution in [2.24, 2.45) is 0 Å². The van der Waals surface area contributed by atoms with Gasteiger partial charge in [-0.05, 0) is 58.8 Å². The predicted octanol–water partition coefficient (Wildman–Crippen LogP) is 3.48. The topological polar surface area (TPSA) is 24.9 Å². The third kappa shape index (κ3) is 3.66. The molecule has 1 heterocycles. The van der Waals surface area contributed by atoms with Gasteiger partial charge in [0.15, 0.2) is 0 Å². The van der Waals surface area contributed by atoms with Gasteiger partial charge in [-0.25, -0.2) is 4.39 Å². The van der Waals surface area contributed by atoms with Crippen molar-refractivity contribution in [3.63, 3.8) is 0 Å². The first-order valence-electron chi connectivity index (χ1n) is 5.33. The maximum atomic E-state index is 12.9. The van der Waals surface area contributed by atoms with Crippen molar-refractivity contribution in [2.45, 2.75) is 6.42 Å². The molecular formula is C13H12FIN2. The number of pyridine rings is 1. The average molecular weight is 342 g/mol. The van der Waals surface area contributed by atoms with Crippen LogP contribution in [0.25, 0.3) is 0 Å². The van der Waals surface area contributed by atoms with Gasteiger partial charge in [0, 0.05) is 28.2 Å². The van der Waals surface area contributed by atoms with Gasteiger partial charge in [0.1, 0.15) is 5.82 Å². The van der Waals surface area contributed by atoms with Gasteiger partial charge >= 0.3 is 0 Å². The summed E-state index contributed by atoms with van der Waals surface area (Å²) in [5, 5.41) is 3.29. The van der Waals surface area contributed by atoms with Crippen LogP contribution in [0.4, 0.5) is 10.1 Å². The van der Waals surface area contributed by atoms with E-state index in [1.807, 2.05) is 18.3 Å². The molecule has 0 saturated heterocycles. The number of rotatable bonds is 4. The Balaban J connectivity index is 1.90. The minimum atomic E-state index is -0.202. The summed E-state index contributed by atoms with van der Waals surface area (Å²) in [4.78, 5) is 4.06. The molecule has 0 radical (unpaired) electrons. The number of hydrogen-bond donors (Lipinski definition) is 1. The maximum Gasteiger partial charge on any atom is 0.124 e. The smallest absolute Gasteiger partial charge is 0.124 e. The highest BCUT2D eigenvalue weighted by Gasteiger charge is 2.00. The van der Waals surface area contributed by atoms with E-state index in [4.69, 9.17) is 0 Å². The van der Waals surface area contributed by atoms with Crippen LogP contribution >= 0.6 is 22.6 Å². The van der Waals surface area contributed by atoms with Crippen LogP contribution in [-0.4, -0.2) is 11.5 Å². The third-order valence-electron chi connectivity index (χ3n) is 2.38. The van der Waals surface area contributed by atoms with Crippen LogP contribution in [0.1, 0.15) is 5.56 Å². The molecule has 1 aromatic heterocycles. The molecule has 0 aliphatic carbocycles. The zero-order valence-corrected chi connectivity index (χ0v) is 11.3. The van der Waals surface area contributed by atoms with Gasteiger partial charge in [-0.1, -0.05) is 6.07 Å². The highest BCUT2D eigenvalue weighted by molar-refractivity contribution is 14.1. The second-order valence-corrected chi connectivity index (χ2v) is 4.82. The lowest BCUT2D eigenvalue weighted by atomic mass is 10.2. The van der Waals surface area contributed by atoms with E-state index in [0.717, 1.165) is 22.2 Å². The van der Waals surface area contributed by atoms with Crippen molar-refractivity contribution in [3.05, 3.63) is 57.7 Å². The molecule has 2 nitrogen and oxygen atoms in total. The third-order valence-corrected chi connectivity index (χ3v) is 3.28. The molecule has 0 unspecified atom stereocenters. The second kappa shape index (κ2) is 5.95. The van der Waals surface area contributed by atoms with Gasteiger partial charge < -0.3 is 5.32 Å². The molecule has 2 aromatic rings. The van der Waals surface area contributed by atoms with Crippen LogP contribution in [0.5, 0.6) is 0 Å². The maximum absolute atomic E-state index is 12.9. The fraction of sp³-hybridized carbons (Fsp3) is 0.154. The molecule has 0 aliphatic heterocycles. The minimum absolute atomic E-state index is 0.202. The molecular weight excluding hydrogens is 330 g/mol. The van der Waals surface area contributed by atoms with Crippen molar-refractivity contribution in [3.8, 4) is 0 Å². The lowest BCUT2D eigenvalue weighted by Gasteiger charge is -2.08. The van der Waals surface area contributed by atoms with Gasteiger partial charge in [0.05, 0.1) is 0 Å². The molecule has 17 heavy (non-hydrogen) atoms. The van der Waals surface area contributed by atoms with E-state index in [-0.39, 0.29) is 5.82 Å². The van der Waals surface area contributed by atoms with Gasteiger partial charge in [0.2, 0.25) is 0 Å². The van der Waals surface area contributed by atoms with Gasteiger partial charge in [-0.2, -0.15) is 0 Å². The number of halogens is 2. The van der Waals surface area contributed by atoms with E-state index in [0.29, 0.717) is 0 Å². The normalized spacial score (nSPS) is 10.2. The average Bonchev–Trinajstić information content (AvgIpc) is 2.33. The summed E-state index contributed by atoms with van der Waals surface area (Å²) in [6, 6.07) is 8.73. The van der Waals surface area contributed by atoms with Crippen LogP contribution in [0.2, 0.25) is 0 Å². The van der Waals surface area contributed by atoms with Crippen molar-refractivity contribution < 1.29 is 4.39 Å². The molecule has 0 saturated carbocycles. The van der Waals surface area contributed by atoms with E-state index in [9.17, 15) is 4.39 Å². The lowest BCUT2D eigenvalue weighted by Crippen LogP contribution is -2.06. The van der Waals surface area contributed by atoms with Gasteiger partial charge in [-0.3, -0.25) is 4.98 Å². The first-order valence-corrected chi connectivity index (χ1v) is 6.41. The van der Waals surface area contributed by atoms with Gasteiger partial charge in [0.25, 0.3) is 0 Å². The van der Waals surface area contributed by atoms with E-state index < -0.39 is 0 Å². The second-order valence-electron chi connectivity index (χ2n) is 3.66. The quantitative estimate of drug-likeness (QED) is 0.861. The zero-order valence-electron chi connectivity index (χ0n) is 9.16. The minimum Gasteiger partial charge on any atom is -0.384 e. The molecule has 2 rings (SSSR count). The number of benzene rings is 1. The molecule has 0 spiro atoms. The van der Waals surface area contributed by atoms with E-state index in [1.54, 1.807) is 12.3 Å². The Morgan fingerprint density at radius 2 is 2.18 bits per heavy atom. The highest BCUT2D eigenvalue weighted by atomic mass is 127. The molecule has 1 N–H and O–H groups in total. The van der Waals surface area contributed by atoms with Crippen LogP contribution in [0.15, 0.2) is 42.7 Å². The summed E-state index contributed by atoms with van der Waals surface area (Å²) in [6.45, 7) is 0.813. The van der Waals surface area contributed by atoms with Crippen molar-refractivity contribution in [1.29, 1.82) is 0 Å².